The molecule has 7 heteroatoms. The van der Waals surface area contributed by atoms with Crippen LogP contribution in [-0.2, 0) is 11.2 Å². The van der Waals surface area contributed by atoms with Gasteiger partial charge in [-0.25, -0.2) is 0 Å². The van der Waals surface area contributed by atoms with Crippen molar-refractivity contribution in [2.75, 3.05) is 12.4 Å². The maximum absolute atomic E-state index is 12.4. The number of ether oxygens (including phenoxy) is 1. The smallest absolute Gasteiger partial charge is 0.230 e. The average Bonchev–Trinajstić information content (AvgIpc) is 3.29. The molecule has 1 aromatic carbocycles. The second-order valence-corrected chi connectivity index (χ2v) is 7.64. The van der Waals surface area contributed by atoms with Gasteiger partial charge in [0.1, 0.15) is 16.3 Å². The Morgan fingerprint density at radius 1 is 1.31 bits per heavy atom. The van der Waals surface area contributed by atoms with E-state index in [0.29, 0.717) is 16.6 Å². The molecular formula is C19H21N3O3S. The van der Waals surface area contributed by atoms with Gasteiger partial charge in [-0.2, -0.15) is 0 Å². The zero-order chi connectivity index (χ0) is 17.9. The molecule has 1 aliphatic carbocycles. The Balaban J connectivity index is 1.42. The molecule has 0 aliphatic heterocycles. The number of hydrogen-bond donors (Lipinski definition) is 1. The first-order valence-electron chi connectivity index (χ1n) is 8.90. The van der Waals surface area contributed by atoms with Crippen LogP contribution in [0.25, 0.3) is 11.0 Å². The SMILES string of the molecule is COc1ccc2c(CC(=O)Nc3nnc(C4CCCCC4)s3)coc2c1. The number of hydrogen-bond acceptors (Lipinski definition) is 6. The zero-order valence-electron chi connectivity index (χ0n) is 14.7. The van der Waals surface area contributed by atoms with E-state index in [1.54, 1.807) is 13.4 Å². The lowest BCUT2D eigenvalue weighted by molar-refractivity contribution is -0.115. The Morgan fingerprint density at radius 2 is 2.15 bits per heavy atom. The molecule has 0 radical (unpaired) electrons. The van der Waals surface area contributed by atoms with Crippen LogP contribution < -0.4 is 10.1 Å². The van der Waals surface area contributed by atoms with Crippen LogP contribution in [0.2, 0.25) is 0 Å². The number of nitrogens with one attached hydrogen (secondary N) is 1. The third-order valence-corrected chi connectivity index (χ3v) is 5.86. The summed E-state index contributed by atoms with van der Waals surface area (Å²) in [5.41, 5.74) is 1.56. The van der Waals surface area contributed by atoms with E-state index in [9.17, 15) is 4.79 Å². The maximum atomic E-state index is 12.4. The van der Waals surface area contributed by atoms with Gasteiger partial charge in [0.2, 0.25) is 11.0 Å². The lowest BCUT2D eigenvalue weighted by atomic mass is 9.90. The molecule has 0 bridgehead atoms. The summed E-state index contributed by atoms with van der Waals surface area (Å²) in [6.45, 7) is 0. The molecule has 1 amide bonds. The van der Waals surface area contributed by atoms with Gasteiger partial charge < -0.3 is 14.5 Å². The Morgan fingerprint density at radius 3 is 2.96 bits per heavy atom. The second-order valence-electron chi connectivity index (χ2n) is 6.63. The Kier molecular flexibility index (Phi) is 4.88. The first-order valence-corrected chi connectivity index (χ1v) is 9.72. The van der Waals surface area contributed by atoms with Crippen molar-refractivity contribution < 1.29 is 13.9 Å². The summed E-state index contributed by atoms with van der Waals surface area (Å²) in [7, 11) is 1.61. The lowest BCUT2D eigenvalue weighted by Crippen LogP contribution is -2.13. The predicted molar refractivity (Wildman–Crippen MR) is 101 cm³/mol. The summed E-state index contributed by atoms with van der Waals surface area (Å²) in [5.74, 6) is 1.11. The lowest BCUT2D eigenvalue weighted by Gasteiger charge is -2.18. The van der Waals surface area contributed by atoms with E-state index < -0.39 is 0 Å². The quantitative estimate of drug-likeness (QED) is 0.713. The van der Waals surface area contributed by atoms with Crippen LogP contribution in [-0.4, -0.2) is 23.2 Å². The predicted octanol–water partition coefficient (Wildman–Crippen LogP) is 4.52. The third-order valence-electron chi connectivity index (χ3n) is 4.86. The van der Waals surface area contributed by atoms with Gasteiger partial charge in [0.15, 0.2) is 0 Å². The molecule has 1 aliphatic rings. The standard InChI is InChI=1S/C19H21N3O3S/c1-24-14-7-8-15-13(11-25-16(15)10-14)9-17(23)20-19-22-21-18(26-19)12-5-3-2-4-6-12/h7-8,10-12H,2-6,9H2,1H3,(H,20,22,23). The molecule has 2 aromatic heterocycles. The summed E-state index contributed by atoms with van der Waals surface area (Å²) < 4.78 is 10.7. The van der Waals surface area contributed by atoms with Crippen molar-refractivity contribution in [3.8, 4) is 5.75 Å². The van der Waals surface area contributed by atoms with Crippen molar-refractivity contribution in [3.63, 3.8) is 0 Å². The van der Waals surface area contributed by atoms with Crippen molar-refractivity contribution in [2.45, 2.75) is 44.4 Å². The molecule has 2 heterocycles. The molecule has 136 valence electrons. The minimum atomic E-state index is -0.116. The number of carbonyl (C=O) groups is 1. The van der Waals surface area contributed by atoms with E-state index >= 15 is 0 Å². The van der Waals surface area contributed by atoms with Gasteiger partial charge in [0, 0.05) is 22.9 Å². The maximum Gasteiger partial charge on any atom is 0.230 e. The number of methoxy groups -OCH3 is 1. The number of amides is 1. The van der Waals surface area contributed by atoms with Crippen molar-refractivity contribution in [1.82, 2.24) is 10.2 Å². The van der Waals surface area contributed by atoms with Crippen molar-refractivity contribution in [3.05, 3.63) is 35.0 Å². The average molecular weight is 371 g/mol. The minimum absolute atomic E-state index is 0.116. The van der Waals surface area contributed by atoms with E-state index in [0.717, 1.165) is 21.7 Å². The van der Waals surface area contributed by atoms with Crippen LogP contribution in [0.3, 0.4) is 0 Å². The fourth-order valence-electron chi connectivity index (χ4n) is 3.46. The third kappa shape index (κ3) is 3.58. The van der Waals surface area contributed by atoms with Crippen molar-refractivity contribution in [1.29, 1.82) is 0 Å². The van der Waals surface area contributed by atoms with Crippen LogP contribution in [0, 0.1) is 0 Å². The highest BCUT2D eigenvalue weighted by molar-refractivity contribution is 7.15. The highest BCUT2D eigenvalue weighted by Crippen LogP contribution is 2.35. The molecule has 0 spiro atoms. The Hall–Kier alpha value is -2.41. The first kappa shape index (κ1) is 17.0. The minimum Gasteiger partial charge on any atom is -0.497 e. The molecule has 6 nitrogen and oxygen atoms in total. The second kappa shape index (κ2) is 7.45. The summed E-state index contributed by atoms with van der Waals surface area (Å²) >= 11 is 1.49. The highest BCUT2D eigenvalue weighted by Gasteiger charge is 2.20. The number of nitrogens with zero attached hydrogens (tertiary/aromatic N) is 2. The van der Waals surface area contributed by atoms with Crippen LogP contribution in [0.4, 0.5) is 5.13 Å². The number of rotatable bonds is 5. The fraction of sp³-hybridized carbons (Fsp3) is 0.421. The van der Waals surface area contributed by atoms with Gasteiger partial charge in [-0.1, -0.05) is 30.6 Å². The molecule has 1 fully saturated rings. The van der Waals surface area contributed by atoms with Crippen LogP contribution in [0.5, 0.6) is 5.75 Å². The van der Waals surface area contributed by atoms with Gasteiger partial charge in [-0.05, 0) is 25.0 Å². The number of carbonyl (C=O) groups excluding carboxylic acids is 1. The monoisotopic (exact) mass is 371 g/mol. The normalized spacial score (nSPS) is 15.3. The Bertz CT molecular complexity index is 912. The molecule has 0 atom stereocenters. The number of fused-ring (bicyclic) bond motifs is 1. The summed E-state index contributed by atoms with van der Waals surface area (Å²) in [5, 5.41) is 13.8. The molecule has 1 saturated carbocycles. The van der Waals surface area contributed by atoms with E-state index in [-0.39, 0.29) is 12.3 Å². The summed E-state index contributed by atoms with van der Waals surface area (Å²) in [6.07, 6.45) is 8.02. The molecule has 0 unspecified atom stereocenters. The molecular weight excluding hydrogens is 350 g/mol. The van der Waals surface area contributed by atoms with Gasteiger partial charge in [0.05, 0.1) is 19.8 Å². The van der Waals surface area contributed by atoms with E-state index in [1.165, 1.54) is 43.4 Å². The first-order chi connectivity index (χ1) is 12.7. The van der Waals surface area contributed by atoms with E-state index in [1.807, 2.05) is 18.2 Å². The summed E-state index contributed by atoms with van der Waals surface area (Å²) in [4.78, 5) is 12.4. The number of anilines is 1. The topological polar surface area (TPSA) is 77.2 Å². The van der Waals surface area contributed by atoms with Gasteiger partial charge in [-0.3, -0.25) is 4.79 Å². The molecule has 26 heavy (non-hydrogen) atoms. The van der Waals surface area contributed by atoms with Crippen LogP contribution in [0.15, 0.2) is 28.9 Å². The Labute approximate surface area is 155 Å². The van der Waals surface area contributed by atoms with Crippen LogP contribution in [0.1, 0.15) is 48.6 Å². The van der Waals surface area contributed by atoms with Crippen molar-refractivity contribution >= 4 is 33.3 Å². The van der Waals surface area contributed by atoms with Crippen LogP contribution >= 0.6 is 11.3 Å². The number of furan rings is 1. The van der Waals surface area contributed by atoms with Gasteiger partial charge in [0.25, 0.3) is 0 Å². The van der Waals surface area contributed by atoms with E-state index in [4.69, 9.17) is 9.15 Å². The largest absolute Gasteiger partial charge is 0.497 e. The number of benzene rings is 1. The zero-order valence-corrected chi connectivity index (χ0v) is 15.5. The number of aromatic nitrogens is 2. The molecule has 1 N–H and O–H groups in total. The highest BCUT2D eigenvalue weighted by atomic mass is 32.1. The fourth-order valence-corrected chi connectivity index (χ4v) is 4.39. The van der Waals surface area contributed by atoms with Crippen molar-refractivity contribution in [2.24, 2.45) is 0 Å². The van der Waals surface area contributed by atoms with Gasteiger partial charge in [-0.15, -0.1) is 10.2 Å². The molecule has 4 rings (SSSR count). The molecule has 0 saturated heterocycles. The van der Waals surface area contributed by atoms with E-state index in [2.05, 4.69) is 15.5 Å². The summed E-state index contributed by atoms with van der Waals surface area (Å²) in [6, 6.07) is 5.59. The molecule has 3 aromatic rings. The van der Waals surface area contributed by atoms with Gasteiger partial charge >= 0.3 is 0 Å².